The van der Waals surface area contributed by atoms with E-state index in [2.05, 4.69) is 57.2 Å². The van der Waals surface area contributed by atoms with Crippen LogP contribution in [0.25, 0.3) is 0 Å². The highest BCUT2D eigenvalue weighted by Crippen LogP contribution is 2.15. The van der Waals surface area contributed by atoms with Gasteiger partial charge in [0.15, 0.2) is 6.10 Å². The predicted molar refractivity (Wildman–Crippen MR) is 261 cm³/mol. The van der Waals surface area contributed by atoms with Crippen LogP contribution in [-0.2, 0) is 28.6 Å². The minimum absolute atomic E-state index is 0.0792. The average Bonchev–Trinajstić information content (AvgIpc) is 3.26. The van der Waals surface area contributed by atoms with Gasteiger partial charge in [0.2, 0.25) is 0 Å². The van der Waals surface area contributed by atoms with E-state index in [1.807, 2.05) is 0 Å². The highest BCUT2D eigenvalue weighted by atomic mass is 16.6. The van der Waals surface area contributed by atoms with Crippen molar-refractivity contribution in [3.05, 3.63) is 36.5 Å². The number of ether oxygens (including phenoxy) is 3. The maximum absolute atomic E-state index is 12.8. The van der Waals surface area contributed by atoms with E-state index in [-0.39, 0.29) is 31.1 Å². The molecule has 0 N–H and O–H groups in total. The largest absolute Gasteiger partial charge is 0.462 e. The topological polar surface area (TPSA) is 78.9 Å². The van der Waals surface area contributed by atoms with E-state index in [1.165, 1.54) is 167 Å². The van der Waals surface area contributed by atoms with E-state index in [0.29, 0.717) is 19.3 Å². The Labute approximate surface area is 378 Å². The van der Waals surface area contributed by atoms with Gasteiger partial charge in [0.05, 0.1) is 0 Å². The Morgan fingerprint density at radius 2 is 0.541 bits per heavy atom. The minimum atomic E-state index is -0.779. The Balaban J connectivity index is 4.39. The van der Waals surface area contributed by atoms with Crippen molar-refractivity contribution in [2.75, 3.05) is 13.2 Å². The second-order valence-electron chi connectivity index (χ2n) is 17.8. The van der Waals surface area contributed by atoms with Crippen LogP contribution in [0.2, 0.25) is 0 Å². The van der Waals surface area contributed by atoms with Gasteiger partial charge in [0.25, 0.3) is 0 Å². The Morgan fingerprint density at radius 1 is 0.311 bits per heavy atom. The van der Waals surface area contributed by atoms with E-state index >= 15 is 0 Å². The Kier molecular flexibility index (Phi) is 48.3. The maximum atomic E-state index is 12.8. The van der Waals surface area contributed by atoms with Crippen molar-refractivity contribution in [2.45, 2.75) is 284 Å². The third-order valence-corrected chi connectivity index (χ3v) is 11.6. The van der Waals surface area contributed by atoms with E-state index in [0.717, 1.165) is 70.6 Å². The standard InChI is InChI=1S/C55H100O6/c1-4-7-10-13-16-19-22-25-27-30-33-36-39-42-45-48-54(57)60-51-52(50-59-53(56)47-44-41-38-35-32-29-24-21-18-15-12-9-6-3)61-55(58)49-46-43-40-37-34-31-28-26-23-20-17-14-11-8-5-2/h19-20,22-23,29,32,52H,4-18,21,24-28,30-31,33-51H2,1-3H3/b22-19-,23-20-,32-29-. The highest BCUT2D eigenvalue weighted by molar-refractivity contribution is 5.71. The third-order valence-electron chi connectivity index (χ3n) is 11.6. The zero-order valence-corrected chi connectivity index (χ0v) is 40.7. The molecule has 0 amide bonds. The van der Waals surface area contributed by atoms with Crippen LogP contribution in [0.4, 0.5) is 0 Å². The number of esters is 3. The van der Waals surface area contributed by atoms with Crippen molar-refractivity contribution in [2.24, 2.45) is 0 Å². The summed E-state index contributed by atoms with van der Waals surface area (Å²) in [5.41, 5.74) is 0. The molecule has 0 aromatic heterocycles. The van der Waals surface area contributed by atoms with Crippen molar-refractivity contribution in [3.63, 3.8) is 0 Å². The van der Waals surface area contributed by atoms with Crippen LogP contribution in [0.3, 0.4) is 0 Å². The summed E-state index contributed by atoms with van der Waals surface area (Å²) in [4.78, 5) is 38.0. The van der Waals surface area contributed by atoms with Crippen molar-refractivity contribution in [1.29, 1.82) is 0 Å². The molecule has 0 aromatic carbocycles. The van der Waals surface area contributed by atoms with Gasteiger partial charge in [-0.05, 0) is 96.3 Å². The van der Waals surface area contributed by atoms with Crippen LogP contribution in [0.1, 0.15) is 278 Å². The van der Waals surface area contributed by atoms with Crippen LogP contribution in [0.15, 0.2) is 36.5 Å². The molecule has 0 aliphatic carbocycles. The molecule has 0 saturated heterocycles. The lowest BCUT2D eigenvalue weighted by molar-refractivity contribution is -0.167. The fraction of sp³-hybridized carbons (Fsp3) is 0.836. The first-order valence-corrected chi connectivity index (χ1v) is 26.5. The normalized spacial score (nSPS) is 12.2. The van der Waals surface area contributed by atoms with Gasteiger partial charge < -0.3 is 14.2 Å². The lowest BCUT2D eigenvalue weighted by Crippen LogP contribution is -2.30. The summed E-state index contributed by atoms with van der Waals surface area (Å²) in [6.45, 7) is 6.60. The summed E-state index contributed by atoms with van der Waals surface area (Å²) in [6, 6.07) is 0. The number of unbranched alkanes of at least 4 members (excludes halogenated alkanes) is 31. The van der Waals surface area contributed by atoms with E-state index in [9.17, 15) is 14.4 Å². The SMILES string of the molecule is CCCCCC/C=C\CCCCCCCCCC(=O)OCC(COC(=O)CCCCC/C=C\CCCCCCCC)OC(=O)CCCCCCCCC/C=C\CCCCCC. The van der Waals surface area contributed by atoms with Gasteiger partial charge >= 0.3 is 17.9 Å². The Bertz CT molecular complexity index is 1030. The molecule has 0 heterocycles. The number of carbonyl (C=O) groups excluding carboxylic acids is 3. The van der Waals surface area contributed by atoms with Crippen molar-refractivity contribution in [3.8, 4) is 0 Å². The predicted octanol–water partition coefficient (Wildman–Crippen LogP) is 17.3. The third kappa shape index (κ3) is 48.5. The molecule has 356 valence electrons. The number of rotatable bonds is 48. The molecule has 0 aromatic rings. The molecule has 0 aliphatic heterocycles. The van der Waals surface area contributed by atoms with Crippen molar-refractivity contribution >= 4 is 17.9 Å². The van der Waals surface area contributed by atoms with Gasteiger partial charge in [-0.1, -0.05) is 198 Å². The molecule has 0 aliphatic rings. The molecule has 6 nitrogen and oxygen atoms in total. The number of carbonyl (C=O) groups is 3. The molecular formula is C55H100O6. The van der Waals surface area contributed by atoms with Gasteiger partial charge in [-0.15, -0.1) is 0 Å². The zero-order chi connectivity index (χ0) is 44.4. The minimum Gasteiger partial charge on any atom is -0.462 e. The molecule has 0 bridgehead atoms. The van der Waals surface area contributed by atoms with Gasteiger partial charge in [0, 0.05) is 19.3 Å². The van der Waals surface area contributed by atoms with Gasteiger partial charge in [-0.3, -0.25) is 14.4 Å². The van der Waals surface area contributed by atoms with Crippen LogP contribution >= 0.6 is 0 Å². The van der Waals surface area contributed by atoms with Crippen molar-refractivity contribution < 1.29 is 28.6 Å². The fourth-order valence-electron chi connectivity index (χ4n) is 7.54. The van der Waals surface area contributed by atoms with Gasteiger partial charge in [-0.2, -0.15) is 0 Å². The first-order chi connectivity index (χ1) is 30.0. The lowest BCUT2D eigenvalue weighted by Gasteiger charge is -2.18. The van der Waals surface area contributed by atoms with Crippen LogP contribution < -0.4 is 0 Å². The fourth-order valence-corrected chi connectivity index (χ4v) is 7.54. The molecule has 0 saturated carbocycles. The van der Waals surface area contributed by atoms with Crippen LogP contribution in [0.5, 0.6) is 0 Å². The molecule has 0 spiro atoms. The summed E-state index contributed by atoms with van der Waals surface area (Å²) in [5, 5.41) is 0. The number of hydrogen-bond donors (Lipinski definition) is 0. The van der Waals surface area contributed by atoms with E-state index < -0.39 is 6.10 Å². The summed E-state index contributed by atoms with van der Waals surface area (Å²) in [5.74, 6) is -0.895. The molecular weight excluding hydrogens is 757 g/mol. The molecule has 0 fully saturated rings. The monoisotopic (exact) mass is 857 g/mol. The maximum Gasteiger partial charge on any atom is 0.306 e. The number of hydrogen-bond acceptors (Lipinski definition) is 6. The Hall–Kier alpha value is -2.37. The summed E-state index contributed by atoms with van der Waals surface area (Å²) in [6.07, 6.45) is 58.4. The first-order valence-electron chi connectivity index (χ1n) is 26.5. The highest BCUT2D eigenvalue weighted by Gasteiger charge is 2.19. The second-order valence-corrected chi connectivity index (χ2v) is 17.8. The molecule has 0 rings (SSSR count). The quantitative estimate of drug-likeness (QED) is 0.0262. The zero-order valence-electron chi connectivity index (χ0n) is 40.7. The van der Waals surface area contributed by atoms with Crippen molar-refractivity contribution in [1.82, 2.24) is 0 Å². The van der Waals surface area contributed by atoms with E-state index in [1.54, 1.807) is 0 Å². The van der Waals surface area contributed by atoms with Gasteiger partial charge in [0.1, 0.15) is 13.2 Å². The number of allylic oxidation sites excluding steroid dienone is 6. The second kappa shape index (κ2) is 50.3. The molecule has 6 heteroatoms. The molecule has 61 heavy (non-hydrogen) atoms. The Morgan fingerprint density at radius 3 is 0.852 bits per heavy atom. The smallest absolute Gasteiger partial charge is 0.306 e. The first kappa shape index (κ1) is 58.6. The summed E-state index contributed by atoms with van der Waals surface area (Å²) in [7, 11) is 0. The van der Waals surface area contributed by atoms with Crippen LogP contribution in [0, 0.1) is 0 Å². The van der Waals surface area contributed by atoms with E-state index in [4.69, 9.17) is 14.2 Å². The molecule has 0 radical (unpaired) electrons. The van der Waals surface area contributed by atoms with Crippen LogP contribution in [-0.4, -0.2) is 37.2 Å². The molecule has 1 atom stereocenters. The summed E-state index contributed by atoms with van der Waals surface area (Å²) >= 11 is 0. The lowest BCUT2D eigenvalue weighted by atomic mass is 10.1. The summed E-state index contributed by atoms with van der Waals surface area (Å²) < 4.78 is 16.8. The van der Waals surface area contributed by atoms with Gasteiger partial charge in [-0.25, -0.2) is 0 Å². The average molecular weight is 857 g/mol. The molecule has 1 unspecified atom stereocenters.